The number of carbonyl (C=O) groups is 3. The summed E-state index contributed by atoms with van der Waals surface area (Å²) in [5, 5.41) is 2.63. The van der Waals surface area contributed by atoms with Gasteiger partial charge in [-0.05, 0) is 48.6 Å². The van der Waals surface area contributed by atoms with Gasteiger partial charge in [0, 0.05) is 12.3 Å². The molecule has 202 valence electrons. The van der Waals surface area contributed by atoms with Gasteiger partial charge in [-0.1, -0.05) is 55.1 Å². The predicted octanol–water partition coefficient (Wildman–Crippen LogP) is 4.10. The smallest absolute Gasteiger partial charge is 0.407 e. The zero-order valence-electron chi connectivity index (χ0n) is 21.8. The van der Waals surface area contributed by atoms with E-state index < -0.39 is 42.1 Å². The van der Waals surface area contributed by atoms with Crippen molar-refractivity contribution in [2.75, 3.05) is 20.3 Å². The number of fused-ring (bicyclic) bond motifs is 3. The first-order chi connectivity index (χ1) is 18.2. The quantitative estimate of drug-likeness (QED) is 0.282. The van der Waals surface area contributed by atoms with E-state index in [1.54, 1.807) is 13.8 Å². The molecule has 1 fully saturated rings. The summed E-state index contributed by atoms with van der Waals surface area (Å²) >= 11 is 0. The number of hydrogen-bond acceptors (Lipinski definition) is 8. The molecule has 2 aromatic carbocycles. The zero-order valence-corrected chi connectivity index (χ0v) is 21.8. The average Bonchev–Trinajstić information content (AvgIpc) is 3.52. The predicted molar refractivity (Wildman–Crippen MR) is 138 cm³/mol. The molecule has 1 heterocycles. The molecule has 1 N–H and O–H groups in total. The molecule has 3 atom stereocenters. The standard InChI is InChI=1S/C29H33NO8/c1-5-29(2,3)38-26(31)23(14-15-25-35-17-24(37-25)27(32)34-4)30-28(33)36-16-22-20-12-8-6-10-18(20)19-11-7-9-13-21(19)22/h5-13,22-25H,1,14-17H2,2-4H3,(H,30,33)/t23-,24?,25?/m0/s1. The molecule has 2 unspecified atom stereocenters. The third-order valence-corrected chi connectivity index (χ3v) is 6.68. The molecule has 0 spiro atoms. The second-order valence-corrected chi connectivity index (χ2v) is 9.74. The number of hydrogen-bond donors (Lipinski definition) is 1. The molecule has 4 rings (SSSR count). The van der Waals surface area contributed by atoms with Crippen LogP contribution in [0.15, 0.2) is 61.2 Å². The monoisotopic (exact) mass is 523 g/mol. The van der Waals surface area contributed by atoms with E-state index in [0.717, 1.165) is 22.3 Å². The number of esters is 2. The van der Waals surface area contributed by atoms with Crippen LogP contribution in [0.3, 0.4) is 0 Å². The van der Waals surface area contributed by atoms with Crippen molar-refractivity contribution in [2.24, 2.45) is 0 Å². The van der Waals surface area contributed by atoms with Crippen LogP contribution < -0.4 is 5.32 Å². The van der Waals surface area contributed by atoms with E-state index in [9.17, 15) is 14.4 Å². The van der Waals surface area contributed by atoms with E-state index in [-0.39, 0.29) is 32.0 Å². The Kier molecular flexibility index (Phi) is 8.48. The van der Waals surface area contributed by atoms with Gasteiger partial charge in [0.25, 0.3) is 0 Å². The fraction of sp³-hybridized carbons (Fsp3) is 0.414. The van der Waals surface area contributed by atoms with Crippen LogP contribution >= 0.6 is 0 Å². The minimum absolute atomic E-state index is 0.0513. The van der Waals surface area contributed by atoms with Gasteiger partial charge >= 0.3 is 18.0 Å². The molecule has 0 saturated carbocycles. The largest absolute Gasteiger partial charge is 0.467 e. The maximum absolute atomic E-state index is 13.0. The highest BCUT2D eigenvalue weighted by molar-refractivity contribution is 5.82. The molecule has 2 aliphatic rings. The lowest BCUT2D eigenvalue weighted by molar-refractivity contribution is -0.158. The molecule has 1 aliphatic heterocycles. The van der Waals surface area contributed by atoms with Gasteiger partial charge in [-0.2, -0.15) is 0 Å². The van der Waals surface area contributed by atoms with E-state index in [2.05, 4.69) is 28.8 Å². The van der Waals surface area contributed by atoms with Crippen molar-refractivity contribution in [1.82, 2.24) is 5.32 Å². The summed E-state index contributed by atoms with van der Waals surface area (Å²) in [5.74, 6) is -1.30. The van der Waals surface area contributed by atoms with Crippen LogP contribution in [-0.2, 0) is 33.3 Å². The van der Waals surface area contributed by atoms with E-state index >= 15 is 0 Å². The van der Waals surface area contributed by atoms with E-state index in [1.807, 2.05) is 36.4 Å². The average molecular weight is 524 g/mol. The van der Waals surface area contributed by atoms with Crippen molar-refractivity contribution >= 4 is 18.0 Å². The Morgan fingerprint density at radius 3 is 2.34 bits per heavy atom. The minimum atomic E-state index is -1.03. The number of carbonyl (C=O) groups excluding carboxylic acids is 3. The first kappa shape index (κ1) is 27.3. The number of alkyl carbamates (subject to hydrolysis) is 1. The van der Waals surface area contributed by atoms with Gasteiger partial charge in [0.15, 0.2) is 12.4 Å². The second kappa shape index (κ2) is 11.8. The van der Waals surface area contributed by atoms with Crippen molar-refractivity contribution in [3.63, 3.8) is 0 Å². The maximum Gasteiger partial charge on any atom is 0.407 e. The molecule has 1 aliphatic carbocycles. The molecule has 0 bridgehead atoms. The molecule has 0 radical (unpaired) electrons. The van der Waals surface area contributed by atoms with Gasteiger partial charge in [-0.15, -0.1) is 0 Å². The summed E-state index contributed by atoms with van der Waals surface area (Å²) in [6, 6.07) is 15.0. The van der Waals surface area contributed by atoms with Crippen LogP contribution in [0, 0.1) is 0 Å². The van der Waals surface area contributed by atoms with Crippen LogP contribution in [-0.4, -0.2) is 62.4 Å². The first-order valence-corrected chi connectivity index (χ1v) is 12.5. The summed E-state index contributed by atoms with van der Waals surface area (Å²) in [6.45, 7) is 7.22. The summed E-state index contributed by atoms with van der Waals surface area (Å²) in [4.78, 5) is 37.5. The second-order valence-electron chi connectivity index (χ2n) is 9.74. The Balaban J connectivity index is 1.39. The summed E-state index contributed by atoms with van der Waals surface area (Å²) in [7, 11) is 1.27. The summed E-state index contributed by atoms with van der Waals surface area (Å²) < 4.78 is 26.9. The minimum Gasteiger partial charge on any atom is -0.467 e. The lowest BCUT2D eigenvalue weighted by Gasteiger charge is -2.25. The van der Waals surface area contributed by atoms with Crippen LogP contribution in [0.2, 0.25) is 0 Å². The highest BCUT2D eigenvalue weighted by Gasteiger charge is 2.35. The molecular weight excluding hydrogens is 490 g/mol. The molecule has 9 nitrogen and oxygen atoms in total. The van der Waals surface area contributed by atoms with Crippen molar-refractivity contribution in [3.05, 3.63) is 72.3 Å². The Morgan fingerprint density at radius 1 is 1.11 bits per heavy atom. The van der Waals surface area contributed by atoms with Crippen molar-refractivity contribution in [3.8, 4) is 11.1 Å². The number of nitrogens with one attached hydrogen (secondary N) is 1. The van der Waals surface area contributed by atoms with Crippen molar-refractivity contribution in [1.29, 1.82) is 0 Å². The van der Waals surface area contributed by atoms with Gasteiger partial charge in [-0.25, -0.2) is 14.4 Å². The van der Waals surface area contributed by atoms with Gasteiger partial charge < -0.3 is 29.0 Å². The van der Waals surface area contributed by atoms with Crippen LogP contribution in [0.4, 0.5) is 4.79 Å². The molecule has 38 heavy (non-hydrogen) atoms. The molecule has 1 saturated heterocycles. The van der Waals surface area contributed by atoms with Gasteiger partial charge in [0.05, 0.1) is 13.7 Å². The fourth-order valence-corrected chi connectivity index (χ4v) is 4.57. The number of ether oxygens (including phenoxy) is 5. The Labute approximate surface area is 222 Å². The fourth-order valence-electron chi connectivity index (χ4n) is 4.57. The Bertz CT molecular complexity index is 1150. The Hall–Kier alpha value is -3.69. The number of benzene rings is 2. The van der Waals surface area contributed by atoms with Crippen molar-refractivity contribution < 1.29 is 38.1 Å². The number of methoxy groups -OCH3 is 1. The molecular formula is C29H33NO8. The van der Waals surface area contributed by atoms with Gasteiger partial charge in [0.2, 0.25) is 0 Å². The van der Waals surface area contributed by atoms with Crippen LogP contribution in [0.5, 0.6) is 0 Å². The maximum atomic E-state index is 13.0. The third kappa shape index (κ3) is 6.23. The van der Waals surface area contributed by atoms with E-state index in [0.29, 0.717) is 0 Å². The van der Waals surface area contributed by atoms with E-state index in [4.69, 9.17) is 18.9 Å². The SMILES string of the molecule is C=CC(C)(C)OC(=O)[C@H](CCC1OCC(C(=O)OC)O1)NC(=O)OCC1c2ccccc2-c2ccccc21. The highest BCUT2D eigenvalue weighted by atomic mass is 16.7. The molecule has 1 amide bonds. The topological polar surface area (TPSA) is 109 Å². The number of amides is 1. The van der Waals surface area contributed by atoms with Gasteiger partial charge in [-0.3, -0.25) is 0 Å². The highest BCUT2D eigenvalue weighted by Crippen LogP contribution is 2.44. The lowest BCUT2D eigenvalue weighted by atomic mass is 9.98. The number of rotatable bonds is 10. The van der Waals surface area contributed by atoms with Crippen LogP contribution in [0.25, 0.3) is 11.1 Å². The molecule has 9 heteroatoms. The zero-order chi connectivity index (χ0) is 27.3. The van der Waals surface area contributed by atoms with Crippen LogP contribution in [0.1, 0.15) is 43.7 Å². The molecule has 0 aromatic heterocycles. The first-order valence-electron chi connectivity index (χ1n) is 12.5. The normalized spacial score (nSPS) is 19.1. The Morgan fingerprint density at radius 2 is 1.74 bits per heavy atom. The summed E-state index contributed by atoms with van der Waals surface area (Å²) in [6.07, 6.45) is -0.443. The van der Waals surface area contributed by atoms with E-state index in [1.165, 1.54) is 13.2 Å². The summed E-state index contributed by atoms with van der Waals surface area (Å²) in [5.41, 5.74) is 3.47. The van der Waals surface area contributed by atoms with Gasteiger partial charge in [0.1, 0.15) is 18.2 Å². The third-order valence-electron chi connectivity index (χ3n) is 6.68. The molecule has 2 aromatic rings. The van der Waals surface area contributed by atoms with Crippen molar-refractivity contribution in [2.45, 2.75) is 56.6 Å². The lowest BCUT2D eigenvalue weighted by Crippen LogP contribution is -2.45.